The number of sulfonamides is 1. The highest BCUT2D eigenvalue weighted by Gasteiger charge is 2.28. The number of benzene rings is 1. The van der Waals surface area contributed by atoms with Crippen molar-refractivity contribution in [3.05, 3.63) is 64.1 Å². The molecule has 1 aromatic heterocycles. The lowest BCUT2D eigenvalue weighted by atomic mass is 10.1. The van der Waals surface area contributed by atoms with Gasteiger partial charge in [0.25, 0.3) is 5.56 Å². The summed E-state index contributed by atoms with van der Waals surface area (Å²) in [5.74, 6) is -1.08. The van der Waals surface area contributed by atoms with Crippen molar-refractivity contribution >= 4 is 27.5 Å². The van der Waals surface area contributed by atoms with E-state index in [4.69, 9.17) is 4.74 Å². The van der Waals surface area contributed by atoms with Crippen molar-refractivity contribution in [2.24, 2.45) is 0 Å². The van der Waals surface area contributed by atoms with Crippen LogP contribution in [-0.4, -0.2) is 43.6 Å². The predicted octanol–water partition coefficient (Wildman–Crippen LogP) is 0.987. The molecule has 0 saturated carbocycles. The number of aromatic nitrogens is 1. The molecule has 2 aromatic rings. The van der Waals surface area contributed by atoms with Gasteiger partial charge in [-0.1, -0.05) is 6.07 Å². The Hall–Kier alpha value is -2.94. The van der Waals surface area contributed by atoms with Crippen molar-refractivity contribution in [2.75, 3.05) is 23.2 Å². The number of pyridine rings is 1. The number of nitrogens with zero attached hydrogens (tertiary/aromatic N) is 2. The van der Waals surface area contributed by atoms with Crippen LogP contribution in [-0.2, 0) is 32.5 Å². The second-order valence-electron chi connectivity index (χ2n) is 6.32. The second-order valence-corrected chi connectivity index (χ2v) is 8.50. The topological polar surface area (TPSA) is 103 Å². The van der Waals surface area contributed by atoms with Gasteiger partial charge >= 0.3 is 5.97 Å². The van der Waals surface area contributed by atoms with Crippen LogP contribution in [0.5, 0.6) is 0 Å². The van der Waals surface area contributed by atoms with E-state index in [1.807, 2.05) is 0 Å². The number of ketones is 1. The average molecular weight is 404 g/mol. The Kier molecular flexibility index (Phi) is 5.64. The van der Waals surface area contributed by atoms with Gasteiger partial charge in [-0.25, -0.2) is 8.42 Å². The summed E-state index contributed by atoms with van der Waals surface area (Å²) in [5, 5.41) is 0. The second kappa shape index (κ2) is 7.97. The summed E-state index contributed by atoms with van der Waals surface area (Å²) in [6.07, 6.45) is 1.98. The Balaban J connectivity index is 1.64. The van der Waals surface area contributed by atoms with Crippen molar-refractivity contribution in [3.8, 4) is 0 Å². The fourth-order valence-electron chi connectivity index (χ4n) is 3.00. The molecule has 0 spiro atoms. The number of anilines is 1. The molecule has 3 rings (SSSR count). The number of ether oxygens (including phenoxy) is 1. The van der Waals surface area contributed by atoms with Gasteiger partial charge in [-0.2, -0.15) is 0 Å². The van der Waals surface area contributed by atoms with Crippen LogP contribution < -0.4 is 9.86 Å². The minimum absolute atomic E-state index is 0.00751. The first kappa shape index (κ1) is 19.8. The molecule has 0 N–H and O–H groups in total. The first-order chi connectivity index (χ1) is 13.3. The van der Waals surface area contributed by atoms with E-state index in [0.29, 0.717) is 24.2 Å². The summed E-state index contributed by atoms with van der Waals surface area (Å²) in [5.41, 5.74) is 1.36. The molecule has 0 amide bonds. The molecule has 0 atom stereocenters. The van der Waals surface area contributed by atoms with Crippen LogP contribution in [0.15, 0.2) is 47.4 Å². The molecule has 148 valence electrons. The normalized spacial score (nSPS) is 13.2. The molecule has 2 heterocycles. The monoisotopic (exact) mass is 404 g/mol. The van der Waals surface area contributed by atoms with E-state index in [-0.39, 0.29) is 17.9 Å². The molecule has 9 heteroatoms. The lowest BCUT2D eigenvalue weighted by Gasteiger charge is -2.18. The van der Waals surface area contributed by atoms with Crippen molar-refractivity contribution in [3.63, 3.8) is 0 Å². The van der Waals surface area contributed by atoms with Crippen LogP contribution in [0.4, 0.5) is 5.69 Å². The smallest absolute Gasteiger partial charge is 0.326 e. The number of rotatable bonds is 7. The maximum atomic E-state index is 12.3. The number of carbonyl (C=O) groups excluding carboxylic acids is 2. The highest BCUT2D eigenvalue weighted by molar-refractivity contribution is 7.92. The summed E-state index contributed by atoms with van der Waals surface area (Å²) in [4.78, 5) is 35.8. The van der Waals surface area contributed by atoms with Gasteiger partial charge in [0.05, 0.1) is 11.4 Å². The number of Topliss-reactive ketones (excluding diaryl/α,β-unsaturated/α-hetero) is 1. The summed E-state index contributed by atoms with van der Waals surface area (Å²) in [7, 11) is -3.35. The number of fused-ring (bicyclic) bond motifs is 1. The van der Waals surface area contributed by atoms with Crippen LogP contribution in [0.3, 0.4) is 0 Å². The van der Waals surface area contributed by atoms with E-state index >= 15 is 0 Å². The lowest BCUT2D eigenvalue weighted by molar-refractivity contribution is -0.143. The van der Waals surface area contributed by atoms with Gasteiger partial charge in [-0.15, -0.1) is 0 Å². The van der Waals surface area contributed by atoms with Gasteiger partial charge in [0.2, 0.25) is 10.0 Å². The zero-order valence-electron chi connectivity index (χ0n) is 15.3. The first-order valence-corrected chi connectivity index (χ1v) is 10.4. The largest absolute Gasteiger partial charge is 0.456 e. The maximum Gasteiger partial charge on any atom is 0.326 e. The van der Waals surface area contributed by atoms with E-state index in [1.165, 1.54) is 27.2 Å². The maximum absolute atomic E-state index is 12.3. The van der Waals surface area contributed by atoms with Gasteiger partial charge in [0.1, 0.15) is 6.54 Å². The first-order valence-electron chi connectivity index (χ1n) is 8.79. The van der Waals surface area contributed by atoms with Gasteiger partial charge in [0.15, 0.2) is 12.4 Å². The molecule has 0 radical (unpaired) electrons. The fourth-order valence-corrected chi connectivity index (χ4v) is 4.15. The summed E-state index contributed by atoms with van der Waals surface area (Å²) in [6.45, 7) is 1.21. The van der Waals surface area contributed by atoms with Gasteiger partial charge in [-0.3, -0.25) is 18.7 Å². The Morgan fingerprint density at radius 3 is 2.68 bits per heavy atom. The zero-order valence-corrected chi connectivity index (χ0v) is 16.1. The number of hydrogen-bond acceptors (Lipinski definition) is 6. The SMILES string of the molecule is CCS(=O)(=O)N1CCc2cc(C(=O)COC(=O)Cn3ccccc3=O)ccc21. The molecule has 1 aliphatic rings. The molecule has 1 aliphatic heterocycles. The third-order valence-electron chi connectivity index (χ3n) is 4.52. The molecule has 0 unspecified atom stereocenters. The fraction of sp³-hybridized carbons (Fsp3) is 0.316. The highest BCUT2D eigenvalue weighted by atomic mass is 32.2. The highest BCUT2D eigenvalue weighted by Crippen LogP contribution is 2.31. The molecule has 0 saturated heterocycles. The standard InChI is InChI=1S/C19H20N2O6S/c1-2-28(25,26)21-10-8-14-11-15(6-7-16(14)21)17(22)13-27-19(24)12-20-9-4-3-5-18(20)23/h3-7,9,11H,2,8,10,12-13H2,1H3. The minimum atomic E-state index is -3.35. The Morgan fingerprint density at radius 2 is 1.96 bits per heavy atom. The molecule has 28 heavy (non-hydrogen) atoms. The summed E-state index contributed by atoms with van der Waals surface area (Å²) < 4.78 is 31.7. The van der Waals surface area contributed by atoms with Crippen molar-refractivity contribution in [2.45, 2.75) is 19.9 Å². The van der Waals surface area contributed by atoms with E-state index in [9.17, 15) is 22.8 Å². The van der Waals surface area contributed by atoms with Crippen molar-refractivity contribution in [1.82, 2.24) is 4.57 Å². The third-order valence-corrected chi connectivity index (χ3v) is 6.30. The molecule has 8 nitrogen and oxygen atoms in total. The van der Waals surface area contributed by atoms with E-state index in [1.54, 1.807) is 31.2 Å². The van der Waals surface area contributed by atoms with Crippen LogP contribution in [0, 0.1) is 0 Å². The van der Waals surface area contributed by atoms with Crippen LogP contribution in [0.1, 0.15) is 22.8 Å². The lowest BCUT2D eigenvalue weighted by Crippen LogP contribution is -2.30. The number of esters is 1. The van der Waals surface area contributed by atoms with Crippen molar-refractivity contribution in [1.29, 1.82) is 0 Å². The summed E-state index contributed by atoms with van der Waals surface area (Å²) in [6, 6.07) is 9.28. The number of carbonyl (C=O) groups is 2. The molecular weight excluding hydrogens is 384 g/mol. The molecule has 0 aliphatic carbocycles. The zero-order chi connectivity index (χ0) is 20.3. The van der Waals surface area contributed by atoms with E-state index in [0.717, 1.165) is 5.56 Å². The molecule has 0 fully saturated rings. The molecule has 1 aromatic carbocycles. The van der Waals surface area contributed by atoms with Crippen LogP contribution >= 0.6 is 0 Å². The van der Waals surface area contributed by atoms with Gasteiger partial charge in [-0.05, 0) is 43.2 Å². The molecule has 0 bridgehead atoms. The Labute approximate surface area is 162 Å². The third kappa shape index (κ3) is 4.14. The minimum Gasteiger partial charge on any atom is -0.456 e. The predicted molar refractivity (Wildman–Crippen MR) is 103 cm³/mol. The molecular formula is C19H20N2O6S. The Bertz CT molecular complexity index is 1070. The van der Waals surface area contributed by atoms with E-state index < -0.39 is 28.4 Å². The average Bonchev–Trinajstić information content (AvgIpc) is 3.12. The summed E-state index contributed by atoms with van der Waals surface area (Å²) >= 11 is 0. The van der Waals surface area contributed by atoms with Gasteiger partial charge in [0, 0.05) is 24.4 Å². The van der Waals surface area contributed by atoms with Crippen LogP contribution in [0.25, 0.3) is 0 Å². The van der Waals surface area contributed by atoms with Crippen molar-refractivity contribution < 1.29 is 22.7 Å². The number of hydrogen-bond donors (Lipinski definition) is 0. The quantitative estimate of drug-likeness (QED) is 0.504. The van der Waals surface area contributed by atoms with Gasteiger partial charge < -0.3 is 9.30 Å². The van der Waals surface area contributed by atoms with Crippen LogP contribution in [0.2, 0.25) is 0 Å². The Morgan fingerprint density at radius 1 is 1.18 bits per heavy atom. The van der Waals surface area contributed by atoms with E-state index in [2.05, 4.69) is 0 Å².